The van der Waals surface area contributed by atoms with E-state index in [4.69, 9.17) is 9.47 Å². The highest BCUT2D eigenvalue weighted by Crippen LogP contribution is 2.78. The van der Waals surface area contributed by atoms with Gasteiger partial charge in [0.25, 0.3) is 0 Å². The number of hydrogen-bond acceptors (Lipinski definition) is 4. The Kier molecular flexibility index (Phi) is 5.13. The van der Waals surface area contributed by atoms with E-state index in [0.717, 1.165) is 32.1 Å². The summed E-state index contributed by atoms with van der Waals surface area (Å²) in [5.41, 5.74) is 0.665. The van der Waals surface area contributed by atoms with Crippen LogP contribution >= 0.6 is 0 Å². The van der Waals surface area contributed by atoms with Crippen molar-refractivity contribution in [3.63, 3.8) is 0 Å². The van der Waals surface area contributed by atoms with Crippen LogP contribution in [-0.4, -0.2) is 24.1 Å². The molecule has 202 valence electrons. The molecule has 0 spiro atoms. The molecule has 6 aliphatic rings. The number of carbonyl (C=O) groups excluding carboxylic acids is 2. The number of carbonyl (C=O) groups is 2. The minimum Gasteiger partial charge on any atom is -0.462 e. The van der Waals surface area contributed by atoms with Crippen molar-refractivity contribution in [2.45, 2.75) is 132 Å². The van der Waals surface area contributed by atoms with Crippen LogP contribution in [0.4, 0.5) is 0 Å². The molecule has 5 saturated carbocycles. The third-order valence-electron chi connectivity index (χ3n) is 14.3. The Morgan fingerprint density at radius 2 is 1.50 bits per heavy atom. The maximum atomic E-state index is 13.4. The van der Waals surface area contributed by atoms with Gasteiger partial charge in [-0.15, -0.1) is 0 Å². The molecule has 4 nitrogen and oxygen atoms in total. The molecular formula is C32H50O4. The van der Waals surface area contributed by atoms with Gasteiger partial charge in [0, 0.05) is 23.7 Å². The quantitative estimate of drug-likeness (QED) is 0.355. The van der Waals surface area contributed by atoms with Crippen LogP contribution in [0.2, 0.25) is 0 Å². The monoisotopic (exact) mass is 498 g/mol. The molecule has 1 aliphatic heterocycles. The normalized spacial score (nSPS) is 54.3. The van der Waals surface area contributed by atoms with Crippen LogP contribution in [-0.2, 0) is 19.1 Å². The van der Waals surface area contributed by atoms with Gasteiger partial charge in [-0.3, -0.25) is 9.59 Å². The fraction of sp³-hybridized carbons (Fsp3) is 0.938. The van der Waals surface area contributed by atoms with Crippen LogP contribution in [0, 0.1) is 56.2 Å². The summed E-state index contributed by atoms with van der Waals surface area (Å²) >= 11 is 0. The van der Waals surface area contributed by atoms with E-state index >= 15 is 0 Å². The van der Waals surface area contributed by atoms with Gasteiger partial charge in [-0.2, -0.15) is 0 Å². The van der Waals surface area contributed by atoms with Crippen molar-refractivity contribution in [1.82, 2.24) is 0 Å². The Bertz CT molecular complexity index is 983. The summed E-state index contributed by atoms with van der Waals surface area (Å²) in [6.07, 6.45) is 11.6. The first-order chi connectivity index (χ1) is 16.6. The summed E-state index contributed by atoms with van der Waals surface area (Å²) in [5.74, 6) is 2.23. The van der Waals surface area contributed by atoms with Crippen molar-refractivity contribution in [3.8, 4) is 0 Å². The Morgan fingerprint density at radius 1 is 0.806 bits per heavy atom. The predicted octanol–water partition coefficient (Wildman–Crippen LogP) is 7.34. The predicted molar refractivity (Wildman–Crippen MR) is 140 cm³/mol. The molecule has 6 rings (SSSR count). The molecule has 2 bridgehead atoms. The zero-order valence-corrected chi connectivity index (χ0v) is 24.2. The van der Waals surface area contributed by atoms with Crippen molar-refractivity contribution in [2.24, 2.45) is 56.2 Å². The summed E-state index contributed by atoms with van der Waals surface area (Å²) in [4.78, 5) is 25.3. The van der Waals surface area contributed by atoms with Gasteiger partial charge in [-0.1, -0.05) is 48.5 Å². The summed E-state index contributed by atoms with van der Waals surface area (Å²) in [6.45, 7) is 18.9. The van der Waals surface area contributed by atoms with Gasteiger partial charge in [0.05, 0.1) is 5.41 Å². The molecule has 0 aromatic heterocycles. The highest BCUT2D eigenvalue weighted by atomic mass is 16.6. The van der Waals surface area contributed by atoms with Gasteiger partial charge < -0.3 is 9.47 Å². The highest BCUT2D eigenvalue weighted by Gasteiger charge is 2.75. The number of rotatable bonds is 1. The fourth-order valence-corrected chi connectivity index (χ4v) is 12.2. The SMILES string of the molecule is CC(=O)O[C@H]1CC[C@]2(C)[C@H]3CC[C@@H]4[C@H]5[C@@H]6OC(=O)[C@@]5(CCC6(C)C)CC[C@@]4(C)[C@]3(C)CC[C@H]2C1(C)C. The number of esters is 2. The number of fused-ring (bicyclic) bond motifs is 5. The van der Waals surface area contributed by atoms with Crippen LogP contribution in [0.1, 0.15) is 120 Å². The van der Waals surface area contributed by atoms with Crippen molar-refractivity contribution in [2.75, 3.05) is 0 Å². The standard InChI is InChI=1S/C32H50O4/c1-19(33)35-23-12-13-29(6)21(28(23,4)5)11-14-31(8)22(29)10-9-20-24-25-27(2,3)15-17-32(24,26(34)36-25)18-16-30(20,31)7/h20-25H,9-18H2,1-8H3/t20-,21+,22-,23+,24+,25+,29+,30-,31-,32+/m1/s1. The maximum absolute atomic E-state index is 13.4. The molecule has 4 heteroatoms. The topological polar surface area (TPSA) is 52.6 Å². The van der Waals surface area contributed by atoms with E-state index in [0.29, 0.717) is 23.7 Å². The van der Waals surface area contributed by atoms with Gasteiger partial charge in [0.2, 0.25) is 0 Å². The molecule has 6 fully saturated rings. The molecule has 0 amide bonds. The first-order valence-corrected chi connectivity index (χ1v) is 15.0. The average molecular weight is 499 g/mol. The zero-order chi connectivity index (χ0) is 26.1. The third-order valence-corrected chi connectivity index (χ3v) is 14.3. The van der Waals surface area contributed by atoms with E-state index in [1.807, 2.05) is 0 Å². The second-order valence-electron chi connectivity index (χ2n) is 16.1. The fourth-order valence-electron chi connectivity index (χ4n) is 12.2. The molecule has 0 aromatic carbocycles. The molecule has 36 heavy (non-hydrogen) atoms. The first kappa shape index (κ1) is 25.2. The Labute approximate surface area is 219 Å². The Hall–Kier alpha value is -1.06. The molecule has 1 heterocycles. The minimum absolute atomic E-state index is 0.00113. The van der Waals surface area contributed by atoms with Crippen LogP contribution < -0.4 is 0 Å². The van der Waals surface area contributed by atoms with Crippen LogP contribution in [0.5, 0.6) is 0 Å². The molecule has 0 unspecified atom stereocenters. The van der Waals surface area contributed by atoms with E-state index in [1.165, 1.54) is 32.1 Å². The largest absolute Gasteiger partial charge is 0.462 e. The lowest BCUT2D eigenvalue weighted by Gasteiger charge is -2.73. The van der Waals surface area contributed by atoms with Crippen molar-refractivity contribution in [1.29, 1.82) is 0 Å². The smallest absolute Gasteiger partial charge is 0.312 e. The second-order valence-corrected chi connectivity index (χ2v) is 16.1. The number of hydrogen-bond donors (Lipinski definition) is 0. The van der Waals surface area contributed by atoms with Gasteiger partial charge in [-0.25, -0.2) is 0 Å². The lowest BCUT2D eigenvalue weighted by atomic mass is 9.31. The average Bonchev–Trinajstić information content (AvgIpc) is 3.03. The van der Waals surface area contributed by atoms with E-state index in [1.54, 1.807) is 6.92 Å². The Balaban J connectivity index is 1.36. The molecule has 10 atom stereocenters. The highest BCUT2D eigenvalue weighted by molar-refractivity contribution is 5.81. The van der Waals surface area contributed by atoms with Gasteiger partial charge >= 0.3 is 11.9 Å². The summed E-state index contributed by atoms with van der Waals surface area (Å²) in [5, 5.41) is 0. The van der Waals surface area contributed by atoms with Gasteiger partial charge in [-0.05, 0) is 98.2 Å². The zero-order valence-electron chi connectivity index (χ0n) is 24.2. The summed E-state index contributed by atoms with van der Waals surface area (Å²) in [6, 6.07) is 0. The van der Waals surface area contributed by atoms with Crippen LogP contribution in [0.3, 0.4) is 0 Å². The molecular weight excluding hydrogens is 448 g/mol. The molecule has 0 radical (unpaired) electrons. The van der Waals surface area contributed by atoms with Crippen molar-refractivity contribution < 1.29 is 19.1 Å². The van der Waals surface area contributed by atoms with Gasteiger partial charge in [0.15, 0.2) is 0 Å². The first-order valence-electron chi connectivity index (χ1n) is 15.0. The summed E-state index contributed by atoms with van der Waals surface area (Å²) in [7, 11) is 0. The molecule has 1 saturated heterocycles. The molecule has 0 aromatic rings. The van der Waals surface area contributed by atoms with E-state index in [2.05, 4.69) is 48.5 Å². The minimum atomic E-state index is -0.210. The van der Waals surface area contributed by atoms with E-state index in [9.17, 15) is 9.59 Å². The van der Waals surface area contributed by atoms with Crippen molar-refractivity contribution in [3.05, 3.63) is 0 Å². The lowest BCUT2D eigenvalue weighted by molar-refractivity contribution is -0.254. The van der Waals surface area contributed by atoms with E-state index in [-0.39, 0.29) is 56.6 Å². The van der Waals surface area contributed by atoms with E-state index < -0.39 is 0 Å². The molecule has 5 aliphatic carbocycles. The Morgan fingerprint density at radius 3 is 2.19 bits per heavy atom. The summed E-state index contributed by atoms with van der Waals surface area (Å²) < 4.78 is 12.2. The van der Waals surface area contributed by atoms with Crippen molar-refractivity contribution >= 4 is 11.9 Å². The van der Waals surface area contributed by atoms with Crippen LogP contribution in [0.25, 0.3) is 0 Å². The lowest BCUT2D eigenvalue weighted by Crippen LogP contribution is -2.68. The van der Waals surface area contributed by atoms with Crippen LogP contribution in [0.15, 0.2) is 0 Å². The number of ether oxygens (including phenoxy) is 2. The third kappa shape index (κ3) is 2.83. The molecule has 0 N–H and O–H groups in total. The maximum Gasteiger partial charge on any atom is 0.312 e. The second kappa shape index (κ2) is 7.32. The van der Waals surface area contributed by atoms with Gasteiger partial charge in [0.1, 0.15) is 12.2 Å².